The molecule has 0 saturated carbocycles. The van der Waals surface area contributed by atoms with Crippen molar-refractivity contribution >= 4 is 15.9 Å². The maximum Gasteiger partial charge on any atom is 0.240 e. The predicted molar refractivity (Wildman–Crippen MR) is 93.2 cm³/mol. The van der Waals surface area contributed by atoms with E-state index in [4.69, 9.17) is 15.2 Å². The molecule has 1 heterocycles. The molecular weight excluding hydrogens is 346 g/mol. The number of carbonyl (C=O) groups is 1. The summed E-state index contributed by atoms with van der Waals surface area (Å²) in [6, 6.07) is 4.57. The van der Waals surface area contributed by atoms with Crippen LogP contribution in [0.1, 0.15) is 25.7 Å². The van der Waals surface area contributed by atoms with Crippen molar-refractivity contribution < 1.29 is 22.7 Å². The van der Waals surface area contributed by atoms with Crippen LogP contribution in [0.4, 0.5) is 0 Å². The Morgan fingerprint density at radius 3 is 2.60 bits per heavy atom. The number of nitrogens with two attached hydrogens (primary N) is 1. The fourth-order valence-electron chi connectivity index (χ4n) is 2.37. The summed E-state index contributed by atoms with van der Waals surface area (Å²) >= 11 is 0. The fourth-order valence-corrected chi connectivity index (χ4v) is 3.46. The smallest absolute Gasteiger partial charge is 0.240 e. The maximum absolute atomic E-state index is 12.3. The summed E-state index contributed by atoms with van der Waals surface area (Å²) in [7, 11) is -3.59. The van der Waals surface area contributed by atoms with Crippen LogP contribution in [0.5, 0.6) is 11.5 Å². The third kappa shape index (κ3) is 6.18. The minimum Gasteiger partial charge on any atom is -0.486 e. The Morgan fingerprint density at radius 2 is 1.84 bits per heavy atom. The lowest BCUT2D eigenvalue weighted by Gasteiger charge is -2.18. The van der Waals surface area contributed by atoms with Crippen molar-refractivity contribution in [3.05, 3.63) is 18.2 Å². The lowest BCUT2D eigenvalue weighted by Crippen LogP contribution is -2.28. The van der Waals surface area contributed by atoms with E-state index in [1.807, 2.05) is 0 Å². The zero-order chi connectivity index (χ0) is 18.1. The number of ether oxygens (including phenoxy) is 2. The first-order chi connectivity index (χ1) is 12.0. The molecule has 0 bridgehead atoms. The molecule has 2 rings (SSSR count). The van der Waals surface area contributed by atoms with Crippen molar-refractivity contribution in [3.8, 4) is 11.5 Å². The minimum absolute atomic E-state index is 0.0256. The topological polar surface area (TPSA) is 120 Å². The number of carbonyl (C=O) groups excluding carboxylic acids is 1. The fraction of sp³-hybridized carbons (Fsp3) is 0.562. The molecule has 0 aliphatic carbocycles. The highest BCUT2D eigenvalue weighted by atomic mass is 32.2. The Bertz CT molecular complexity index is 678. The van der Waals surface area contributed by atoms with E-state index in [1.165, 1.54) is 12.1 Å². The zero-order valence-electron chi connectivity index (χ0n) is 14.1. The SMILES string of the molecule is NCCNC(=O)CCCCCNS(=O)(=O)c1ccc2c(c1)OCCO2. The van der Waals surface area contributed by atoms with Gasteiger partial charge in [-0.15, -0.1) is 0 Å². The van der Waals surface area contributed by atoms with Crippen LogP contribution in [0, 0.1) is 0 Å². The summed E-state index contributed by atoms with van der Waals surface area (Å²) in [6.07, 6.45) is 2.56. The Morgan fingerprint density at radius 1 is 1.08 bits per heavy atom. The third-order valence-electron chi connectivity index (χ3n) is 3.66. The van der Waals surface area contributed by atoms with Crippen LogP contribution in [0.2, 0.25) is 0 Å². The Balaban J connectivity index is 1.72. The molecule has 1 aliphatic heterocycles. The number of hydrogen-bond donors (Lipinski definition) is 3. The molecule has 140 valence electrons. The molecule has 4 N–H and O–H groups in total. The summed E-state index contributed by atoms with van der Waals surface area (Å²) in [4.78, 5) is 11.5. The maximum atomic E-state index is 12.3. The van der Waals surface area contributed by atoms with Gasteiger partial charge < -0.3 is 20.5 Å². The van der Waals surface area contributed by atoms with E-state index < -0.39 is 10.0 Å². The summed E-state index contributed by atoms with van der Waals surface area (Å²) < 4.78 is 37.9. The van der Waals surface area contributed by atoms with E-state index in [0.717, 1.165) is 6.42 Å². The number of amides is 1. The van der Waals surface area contributed by atoms with Crippen LogP contribution >= 0.6 is 0 Å². The van der Waals surface area contributed by atoms with Crippen LogP contribution in [0.3, 0.4) is 0 Å². The second-order valence-electron chi connectivity index (χ2n) is 5.65. The van der Waals surface area contributed by atoms with Gasteiger partial charge in [-0.2, -0.15) is 0 Å². The molecule has 0 fully saturated rings. The van der Waals surface area contributed by atoms with Gasteiger partial charge in [0.2, 0.25) is 15.9 Å². The molecule has 9 heteroatoms. The summed E-state index contributed by atoms with van der Waals surface area (Å²) in [5.74, 6) is 0.970. The summed E-state index contributed by atoms with van der Waals surface area (Å²) in [5, 5.41) is 2.70. The van der Waals surface area contributed by atoms with Gasteiger partial charge in [0.05, 0.1) is 4.90 Å². The number of fused-ring (bicyclic) bond motifs is 1. The molecule has 0 aromatic heterocycles. The first kappa shape index (κ1) is 19.5. The molecule has 1 aromatic carbocycles. The molecule has 8 nitrogen and oxygen atoms in total. The van der Waals surface area contributed by atoms with Crippen LogP contribution in [-0.4, -0.2) is 47.2 Å². The average Bonchev–Trinajstić information content (AvgIpc) is 2.62. The second-order valence-corrected chi connectivity index (χ2v) is 7.42. The largest absolute Gasteiger partial charge is 0.486 e. The minimum atomic E-state index is -3.59. The van der Waals surface area contributed by atoms with Crippen molar-refractivity contribution in [2.75, 3.05) is 32.8 Å². The quantitative estimate of drug-likeness (QED) is 0.511. The summed E-state index contributed by atoms with van der Waals surface area (Å²) in [6.45, 7) is 2.09. The monoisotopic (exact) mass is 371 g/mol. The van der Waals surface area contributed by atoms with E-state index >= 15 is 0 Å². The van der Waals surface area contributed by atoms with Crippen molar-refractivity contribution in [1.82, 2.24) is 10.0 Å². The number of sulfonamides is 1. The molecule has 25 heavy (non-hydrogen) atoms. The van der Waals surface area contributed by atoms with E-state index in [2.05, 4.69) is 10.0 Å². The van der Waals surface area contributed by atoms with Gasteiger partial charge in [0.1, 0.15) is 13.2 Å². The first-order valence-electron chi connectivity index (χ1n) is 8.39. The highest BCUT2D eigenvalue weighted by molar-refractivity contribution is 7.89. The molecule has 0 unspecified atom stereocenters. The number of benzene rings is 1. The van der Waals surface area contributed by atoms with Gasteiger partial charge in [-0.25, -0.2) is 13.1 Å². The van der Waals surface area contributed by atoms with Gasteiger partial charge in [0.15, 0.2) is 11.5 Å². The molecule has 0 saturated heterocycles. The first-order valence-corrected chi connectivity index (χ1v) is 9.87. The van der Waals surface area contributed by atoms with Crippen molar-refractivity contribution in [1.29, 1.82) is 0 Å². The Labute approximate surface area is 148 Å². The average molecular weight is 371 g/mol. The van der Waals surface area contributed by atoms with E-state index in [9.17, 15) is 13.2 Å². The highest BCUT2D eigenvalue weighted by Gasteiger charge is 2.18. The normalized spacial score (nSPS) is 13.5. The van der Waals surface area contributed by atoms with Crippen molar-refractivity contribution in [2.24, 2.45) is 5.73 Å². The van der Waals surface area contributed by atoms with Crippen molar-refractivity contribution in [2.45, 2.75) is 30.6 Å². The van der Waals surface area contributed by atoms with E-state index in [0.29, 0.717) is 63.6 Å². The summed E-state index contributed by atoms with van der Waals surface area (Å²) in [5.41, 5.74) is 5.30. The number of rotatable bonds is 10. The Hall–Kier alpha value is -1.84. The van der Waals surface area contributed by atoms with Crippen molar-refractivity contribution in [3.63, 3.8) is 0 Å². The van der Waals surface area contributed by atoms with Crippen LogP contribution < -0.4 is 25.2 Å². The van der Waals surface area contributed by atoms with Gasteiger partial charge in [0.25, 0.3) is 0 Å². The lowest BCUT2D eigenvalue weighted by molar-refractivity contribution is -0.121. The third-order valence-corrected chi connectivity index (χ3v) is 5.12. The van der Waals surface area contributed by atoms with Gasteiger partial charge in [-0.3, -0.25) is 4.79 Å². The molecule has 1 amide bonds. The van der Waals surface area contributed by atoms with E-state index in [-0.39, 0.29) is 10.8 Å². The molecular formula is C16H25N3O5S. The number of unbranched alkanes of at least 4 members (excludes halogenated alkanes) is 2. The molecule has 1 aliphatic rings. The predicted octanol–water partition coefficient (Wildman–Crippen LogP) is 0.371. The number of nitrogens with one attached hydrogen (secondary N) is 2. The molecule has 0 atom stereocenters. The van der Waals surface area contributed by atoms with Gasteiger partial charge in [-0.05, 0) is 25.0 Å². The highest BCUT2D eigenvalue weighted by Crippen LogP contribution is 2.32. The van der Waals surface area contributed by atoms with Crippen LogP contribution in [0.25, 0.3) is 0 Å². The Kier molecular flexibility index (Phi) is 7.48. The zero-order valence-corrected chi connectivity index (χ0v) is 14.9. The second kappa shape index (κ2) is 9.59. The number of hydrogen-bond acceptors (Lipinski definition) is 6. The molecule has 0 radical (unpaired) electrons. The standard InChI is InChI=1S/C16H25N3O5S/c17-7-9-18-16(20)4-2-1-3-8-19-25(21,22)13-5-6-14-15(12-13)24-11-10-23-14/h5-6,12,19H,1-4,7-11,17H2,(H,18,20). The van der Waals surface area contributed by atoms with Crippen LogP contribution in [0.15, 0.2) is 23.1 Å². The lowest BCUT2D eigenvalue weighted by atomic mass is 10.2. The van der Waals surface area contributed by atoms with Crippen LogP contribution in [-0.2, 0) is 14.8 Å². The molecule has 0 spiro atoms. The molecule has 1 aromatic rings. The van der Waals surface area contributed by atoms with Gasteiger partial charge in [-0.1, -0.05) is 6.42 Å². The van der Waals surface area contributed by atoms with E-state index in [1.54, 1.807) is 6.07 Å². The van der Waals surface area contributed by atoms with Gasteiger partial charge >= 0.3 is 0 Å². The van der Waals surface area contributed by atoms with Gasteiger partial charge in [0, 0.05) is 32.1 Å².